The first-order chi connectivity index (χ1) is 19.0. The van der Waals surface area contributed by atoms with Crippen molar-refractivity contribution in [1.82, 2.24) is 9.80 Å². The number of halogens is 2. The zero-order valence-electron chi connectivity index (χ0n) is 25.6. The van der Waals surface area contributed by atoms with Crippen molar-refractivity contribution < 1.29 is 0 Å². The van der Waals surface area contributed by atoms with Crippen molar-refractivity contribution >= 4 is 28.9 Å². The molecule has 3 nitrogen and oxygen atoms in total. The lowest BCUT2D eigenvalue weighted by molar-refractivity contribution is 0.292. The van der Waals surface area contributed by atoms with E-state index >= 15 is 0 Å². The average molecular weight is 585 g/mol. The lowest BCUT2D eigenvalue weighted by Crippen LogP contribution is -2.26. The number of benzene rings is 1. The van der Waals surface area contributed by atoms with Gasteiger partial charge in [-0.25, -0.2) is 0 Å². The third-order valence-corrected chi connectivity index (χ3v) is 9.94. The van der Waals surface area contributed by atoms with E-state index in [-0.39, 0.29) is 5.41 Å². The molecule has 40 heavy (non-hydrogen) atoms. The third kappa shape index (κ3) is 8.78. The van der Waals surface area contributed by atoms with E-state index < -0.39 is 0 Å². The predicted molar refractivity (Wildman–Crippen MR) is 177 cm³/mol. The van der Waals surface area contributed by atoms with Gasteiger partial charge in [-0.15, -0.1) is 0 Å². The molecule has 0 spiro atoms. The smallest absolute Gasteiger partial charge is 0.0826 e. The summed E-state index contributed by atoms with van der Waals surface area (Å²) in [6.07, 6.45) is 16.9. The van der Waals surface area contributed by atoms with E-state index in [1.54, 1.807) is 5.57 Å². The molecule has 1 aromatic carbocycles. The molecule has 2 aliphatic rings. The van der Waals surface area contributed by atoms with E-state index in [2.05, 4.69) is 86.9 Å². The van der Waals surface area contributed by atoms with E-state index in [1.165, 1.54) is 42.5 Å². The molecule has 0 radical (unpaired) electrons. The SMILES string of the molecule is C=C/C=C\C1=C(N(C)CCC(=C)C(C)(C)C(C)C)C=C(CCCCCN2CCN(c3cccc(Cl)c3Cl)C2)CC1. The molecule has 1 saturated heterocycles. The minimum atomic E-state index is 0.157. The van der Waals surface area contributed by atoms with Crippen molar-refractivity contribution in [3.05, 3.63) is 88.1 Å². The number of unbranched alkanes of at least 4 members (excludes halogenated alkanes) is 2. The Morgan fingerprint density at radius 3 is 2.62 bits per heavy atom. The summed E-state index contributed by atoms with van der Waals surface area (Å²) >= 11 is 12.7. The summed E-state index contributed by atoms with van der Waals surface area (Å²) in [6.45, 7) is 22.7. The third-order valence-electron chi connectivity index (χ3n) is 9.13. The first kappa shape index (κ1) is 32.6. The standard InChI is InChI=1S/C35H51Cl2N3/c1-8-9-15-30-19-18-29(25-33(30)38(7)22-20-28(4)35(5,6)27(2)3)14-11-10-12-21-39-23-24-40(26-39)32-17-13-16-31(36)34(32)37/h8-9,13,15-17,25,27H,1,4,10-12,14,18-24,26H2,2-3,5-7H3/b15-9-. The van der Waals surface area contributed by atoms with Crippen LogP contribution in [0.25, 0.3) is 0 Å². The van der Waals surface area contributed by atoms with Crippen molar-refractivity contribution in [3.63, 3.8) is 0 Å². The molecule has 1 heterocycles. The van der Waals surface area contributed by atoms with Gasteiger partial charge in [0.05, 0.1) is 22.4 Å². The van der Waals surface area contributed by atoms with Crippen LogP contribution in [0, 0.1) is 11.3 Å². The van der Waals surface area contributed by atoms with Crippen LogP contribution in [0.3, 0.4) is 0 Å². The van der Waals surface area contributed by atoms with Crippen LogP contribution >= 0.6 is 23.2 Å². The monoisotopic (exact) mass is 583 g/mol. The number of rotatable bonds is 15. The minimum absolute atomic E-state index is 0.157. The van der Waals surface area contributed by atoms with Crippen LogP contribution < -0.4 is 4.90 Å². The molecule has 0 bridgehead atoms. The molecule has 220 valence electrons. The largest absolute Gasteiger partial charge is 0.374 e. The molecule has 1 aromatic rings. The Hall–Kier alpha value is -1.94. The highest BCUT2D eigenvalue weighted by atomic mass is 35.5. The van der Waals surface area contributed by atoms with Gasteiger partial charge in [-0.1, -0.05) is 106 Å². The van der Waals surface area contributed by atoms with Gasteiger partial charge in [0, 0.05) is 32.4 Å². The Balaban J connectivity index is 1.49. The molecule has 1 aliphatic carbocycles. The van der Waals surface area contributed by atoms with E-state index in [1.807, 2.05) is 18.2 Å². The fraction of sp³-hybridized carbons (Fsp3) is 0.543. The summed E-state index contributed by atoms with van der Waals surface area (Å²) in [5, 5.41) is 1.29. The fourth-order valence-corrected chi connectivity index (χ4v) is 5.88. The van der Waals surface area contributed by atoms with Gasteiger partial charge < -0.3 is 9.80 Å². The summed E-state index contributed by atoms with van der Waals surface area (Å²) < 4.78 is 0. The van der Waals surface area contributed by atoms with Crippen LogP contribution in [0.15, 0.2) is 78.1 Å². The molecule has 5 heteroatoms. The molecule has 1 aliphatic heterocycles. The summed E-state index contributed by atoms with van der Waals surface area (Å²) in [6, 6.07) is 5.90. The molecule has 0 aromatic heterocycles. The predicted octanol–water partition coefficient (Wildman–Crippen LogP) is 9.91. The molecule has 0 unspecified atom stereocenters. The summed E-state index contributed by atoms with van der Waals surface area (Å²) in [7, 11) is 2.24. The van der Waals surface area contributed by atoms with Crippen LogP contribution in [-0.2, 0) is 0 Å². The van der Waals surface area contributed by atoms with E-state index in [4.69, 9.17) is 23.2 Å². The fourth-order valence-electron chi connectivity index (χ4n) is 5.47. The number of hydrogen-bond acceptors (Lipinski definition) is 3. The van der Waals surface area contributed by atoms with Crippen molar-refractivity contribution in [3.8, 4) is 0 Å². The lowest BCUT2D eigenvalue weighted by Gasteiger charge is -2.34. The zero-order chi connectivity index (χ0) is 29.3. The zero-order valence-corrected chi connectivity index (χ0v) is 27.1. The quantitative estimate of drug-likeness (QED) is 0.115. The molecule has 0 saturated carbocycles. The molecule has 0 N–H and O–H groups in total. The van der Waals surface area contributed by atoms with Gasteiger partial charge in [-0.2, -0.15) is 0 Å². The van der Waals surface area contributed by atoms with Gasteiger partial charge in [0.1, 0.15) is 0 Å². The topological polar surface area (TPSA) is 9.72 Å². The Morgan fingerprint density at radius 2 is 1.90 bits per heavy atom. The number of nitrogens with zero attached hydrogens (tertiary/aromatic N) is 3. The van der Waals surface area contributed by atoms with Crippen LogP contribution in [0.5, 0.6) is 0 Å². The Morgan fingerprint density at radius 1 is 1.12 bits per heavy atom. The second kappa shape index (κ2) is 15.3. The van der Waals surface area contributed by atoms with Gasteiger partial charge in [-0.05, 0) is 80.2 Å². The number of allylic oxidation sites excluding steroid dienone is 6. The molecule has 1 fully saturated rings. The molecular weight excluding hydrogens is 533 g/mol. The van der Waals surface area contributed by atoms with E-state index in [9.17, 15) is 0 Å². The van der Waals surface area contributed by atoms with E-state index in [0.717, 1.165) is 57.8 Å². The first-order valence-electron chi connectivity index (χ1n) is 15.1. The normalized spacial score (nSPS) is 16.8. The Kier molecular flexibility index (Phi) is 12.5. The summed E-state index contributed by atoms with van der Waals surface area (Å²) in [5.41, 5.74) is 6.91. The number of likely N-dealkylation sites (N-methyl/N-ethyl adjacent to an activating group) is 1. The van der Waals surface area contributed by atoms with Gasteiger partial charge in [0.25, 0.3) is 0 Å². The highest BCUT2D eigenvalue weighted by molar-refractivity contribution is 6.43. The molecule has 0 amide bonds. The van der Waals surface area contributed by atoms with Crippen molar-refractivity contribution in [2.45, 2.75) is 72.6 Å². The number of anilines is 1. The van der Waals surface area contributed by atoms with Crippen LogP contribution in [-0.4, -0.2) is 49.7 Å². The first-order valence-corrected chi connectivity index (χ1v) is 15.8. The van der Waals surface area contributed by atoms with Gasteiger partial charge >= 0.3 is 0 Å². The van der Waals surface area contributed by atoms with Crippen LogP contribution in [0.4, 0.5) is 5.69 Å². The molecular formula is C35H51Cl2N3. The van der Waals surface area contributed by atoms with Crippen molar-refractivity contribution in [2.75, 3.05) is 44.8 Å². The highest BCUT2D eigenvalue weighted by Crippen LogP contribution is 2.36. The van der Waals surface area contributed by atoms with Crippen molar-refractivity contribution in [1.29, 1.82) is 0 Å². The summed E-state index contributed by atoms with van der Waals surface area (Å²) in [4.78, 5) is 7.30. The highest BCUT2D eigenvalue weighted by Gasteiger charge is 2.26. The van der Waals surface area contributed by atoms with E-state index in [0.29, 0.717) is 16.0 Å². The van der Waals surface area contributed by atoms with Crippen molar-refractivity contribution in [2.24, 2.45) is 11.3 Å². The Bertz CT molecular complexity index is 1110. The minimum Gasteiger partial charge on any atom is -0.374 e. The van der Waals surface area contributed by atoms with Gasteiger partial charge in [0.15, 0.2) is 0 Å². The van der Waals surface area contributed by atoms with Crippen LogP contribution in [0.1, 0.15) is 72.6 Å². The van der Waals surface area contributed by atoms with Crippen LogP contribution in [0.2, 0.25) is 10.0 Å². The molecule has 3 rings (SSSR count). The van der Waals surface area contributed by atoms with Gasteiger partial charge in [-0.3, -0.25) is 4.90 Å². The lowest BCUT2D eigenvalue weighted by atomic mass is 9.74. The second-order valence-corrected chi connectivity index (χ2v) is 13.2. The summed E-state index contributed by atoms with van der Waals surface area (Å²) in [5.74, 6) is 0.586. The Labute approximate surface area is 254 Å². The maximum atomic E-state index is 6.45. The molecule has 0 atom stereocenters. The average Bonchev–Trinajstić information content (AvgIpc) is 3.40. The second-order valence-electron chi connectivity index (χ2n) is 12.4. The number of hydrogen-bond donors (Lipinski definition) is 0. The maximum absolute atomic E-state index is 6.45. The van der Waals surface area contributed by atoms with Gasteiger partial charge in [0.2, 0.25) is 0 Å². The maximum Gasteiger partial charge on any atom is 0.0826 e.